The zero-order chi connectivity index (χ0) is 10.8. The summed E-state index contributed by atoms with van der Waals surface area (Å²) in [7, 11) is 1.85. The minimum atomic E-state index is 0.136. The lowest BCUT2D eigenvalue weighted by atomic mass is 10.1. The Morgan fingerprint density at radius 1 is 1.33 bits per heavy atom. The lowest BCUT2D eigenvalue weighted by Crippen LogP contribution is -2.28. The lowest BCUT2D eigenvalue weighted by molar-refractivity contribution is 0.197. The fraction of sp³-hybridized carbons (Fsp3) is 0.417. The number of hydrogen-bond donors (Lipinski definition) is 0. The van der Waals surface area contributed by atoms with E-state index in [0.717, 1.165) is 19.6 Å². The third-order valence-electron chi connectivity index (χ3n) is 2.76. The van der Waals surface area contributed by atoms with Gasteiger partial charge in [-0.1, -0.05) is 29.8 Å². The SMILES string of the molecule is Cc1cccc(CN2CCN(C)C2=O)c1. The Bertz CT molecular complexity index is 376. The van der Waals surface area contributed by atoms with E-state index in [-0.39, 0.29) is 6.03 Å². The van der Waals surface area contributed by atoms with Crippen LogP contribution in [0.1, 0.15) is 11.1 Å². The molecule has 1 aromatic rings. The molecule has 0 spiro atoms. The van der Waals surface area contributed by atoms with E-state index in [0.29, 0.717) is 0 Å². The number of hydrogen-bond acceptors (Lipinski definition) is 1. The van der Waals surface area contributed by atoms with E-state index in [2.05, 4.69) is 25.1 Å². The third-order valence-corrected chi connectivity index (χ3v) is 2.76. The Morgan fingerprint density at radius 2 is 2.13 bits per heavy atom. The summed E-state index contributed by atoms with van der Waals surface area (Å²) < 4.78 is 0. The van der Waals surface area contributed by atoms with Crippen LogP contribution in [0, 0.1) is 6.92 Å². The van der Waals surface area contributed by atoms with Gasteiger partial charge in [-0.2, -0.15) is 0 Å². The van der Waals surface area contributed by atoms with E-state index >= 15 is 0 Å². The molecule has 80 valence electrons. The van der Waals surface area contributed by atoms with Crippen molar-refractivity contribution < 1.29 is 4.79 Å². The number of amides is 2. The van der Waals surface area contributed by atoms with E-state index in [9.17, 15) is 4.79 Å². The summed E-state index contributed by atoms with van der Waals surface area (Å²) in [6, 6.07) is 8.44. The number of carbonyl (C=O) groups excluding carboxylic acids is 1. The quantitative estimate of drug-likeness (QED) is 0.721. The highest BCUT2D eigenvalue weighted by Crippen LogP contribution is 2.12. The van der Waals surface area contributed by atoms with E-state index in [1.165, 1.54) is 11.1 Å². The highest BCUT2D eigenvalue weighted by Gasteiger charge is 2.24. The van der Waals surface area contributed by atoms with Gasteiger partial charge in [0, 0.05) is 26.7 Å². The number of benzene rings is 1. The second kappa shape index (κ2) is 3.93. The van der Waals surface area contributed by atoms with Crippen molar-refractivity contribution >= 4 is 6.03 Å². The smallest absolute Gasteiger partial charge is 0.320 e. The summed E-state index contributed by atoms with van der Waals surface area (Å²) in [5, 5.41) is 0. The molecule has 15 heavy (non-hydrogen) atoms. The second-order valence-corrected chi connectivity index (χ2v) is 4.11. The van der Waals surface area contributed by atoms with Crippen LogP contribution in [-0.4, -0.2) is 36.0 Å². The van der Waals surface area contributed by atoms with Gasteiger partial charge in [0.1, 0.15) is 0 Å². The van der Waals surface area contributed by atoms with Gasteiger partial charge in [0.15, 0.2) is 0 Å². The Labute approximate surface area is 90.3 Å². The molecule has 1 aromatic carbocycles. The largest absolute Gasteiger partial charge is 0.326 e. The molecule has 1 fully saturated rings. The Balaban J connectivity index is 2.06. The van der Waals surface area contributed by atoms with E-state index in [1.807, 2.05) is 18.0 Å². The molecular weight excluding hydrogens is 188 g/mol. The molecule has 0 aliphatic carbocycles. The van der Waals surface area contributed by atoms with Crippen molar-refractivity contribution in [2.24, 2.45) is 0 Å². The maximum Gasteiger partial charge on any atom is 0.320 e. The summed E-state index contributed by atoms with van der Waals surface area (Å²) in [6.07, 6.45) is 0. The van der Waals surface area contributed by atoms with E-state index in [4.69, 9.17) is 0 Å². The predicted molar refractivity (Wildman–Crippen MR) is 59.6 cm³/mol. The van der Waals surface area contributed by atoms with Crippen molar-refractivity contribution in [1.29, 1.82) is 0 Å². The highest BCUT2D eigenvalue weighted by atomic mass is 16.2. The number of urea groups is 1. The molecule has 1 aliphatic heterocycles. The van der Waals surface area contributed by atoms with Crippen LogP contribution in [0.15, 0.2) is 24.3 Å². The van der Waals surface area contributed by atoms with Crippen molar-refractivity contribution in [1.82, 2.24) is 9.80 Å². The minimum Gasteiger partial charge on any atom is -0.326 e. The zero-order valence-corrected chi connectivity index (χ0v) is 9.23. The number of rotatable bonds is 2. The summed E-state index contributed by atoms with van der Waals surface area (Å²) in [5.74, 6) is 0. The van der Waals surface area contributed by atoms with Crippen LogP contribution < -0.4 is 0 Å². The standard InChI is InChI=1S/C12H16N2O/c1-10-4-3-5-11(8-10)9-14-7-6-13(2)12(14)15/h3-5,8H,6-7,9H2,1-2H3. The van der Waals surface area contributed by atoms with Crippen molar-refractivity contribution in [3.05, 3.63) is 35.4 Å². The first kappa shape index (κ1) is 10.0. The maximum absolute atomic E-state index is 11.6. The van der Waals surface area contributed by atoms with Gasteiger partial charge in [0.05, 0.1) is 0 Å². The van der Waals surface area contributed by atoms with Crippen LogP contribution in [0.5, 0.6) is 0 Å². The first-order valence-corrected chi connectivity index (χ1v) is 5.22. The first-order chi connectivity index (χ1) is 7.16. The minimum absolute atomic E-state index is 0.136. The number of carbonyl (C=O) groups is 1. The topological polar surface area (TPSA) is 23.6 Å². The zero-order valence-electron chi connectivity index (χ0n) is 9.23. The molecule has 0 atom stereocenters. The summed E-state index contributed by atoms with van der Waals surface area (Å²) in [4.78, 5) is 15.3. The maximum atomic E-state index is 11.6. The van der Waals surface area contributed by atoms with Gasteiger partial charge in [-0.05, 0) is 12.5 Å². The van der Waals surface area contributed by atoms with Crippen LogP contribution in [0.3, 0.4) is 0 Å². The average Bonchev–Trinajstić information content (AvgIpc) is 2.50. The monoisotopic (exact) mass is 204 g/mol. The van der Waals surface area contributed by atoms with Gasteiger partial charge >= 0.3 is 6.03 Å². The van der Waals surface area contributed by atoms with Gasteiger partial charge in [0.2, 0.25) is 0 Å². The molecule has 0 radical (unpaired) electrons. The molecule has 0 saturated carbocycles. The van der Waals surface area contributed by atoms with Crippen molar-refractivity contribution in [3.63, 3.8) is 0 Å². The summed E-state index contributed by atoms with van der Waals surface area (Å²) >= 11 is 0. The fourth-order valence-electron chi connectivity index (χ4n) is 1.88. The van der Waals surface area contributed by atoms with Crippen LogP contribution in [0.25, 0.3) is 0 Å². The van der Waals surface area contributed by atoms with E-state index < -0.39 is 0 Å². The molecule has 0 bridgehead atoms. The Kier molecular flexibility index (Phi) is 2.62. The van der Waals surface area contributed by atoms with Crippen molar-refractivity contribution in [3.8, 4) is 0 Å². The molecule has 3 heteroatoms. The molecule has 2 rings (SSSR count). The second-order valence-electron chi connectivity index (χ2n) is 4.11. The van der Waals surface area contributed by atoms with Crippen LogP contribution in [0.2, 0.25) is 0 Å². The van der Waals surface area contributed by atoms with Gasteiger partial charge in [-0.3, -0.25) is 0 Å². The van der Waals surface area contributed by atoms with Crippen LogP contribution in [-0.2, 0) is 6.54 Å². The molecule has 3 nitrogen and oxygen atoms in total. The van der Waals surface area contributed by atoms with Crippen LogP contribution >= 0.6 is 0 Å². The Morgan fingerprint density at radius 3 is 2.73 bits per heavy atom. The molecule has 0 aromatic heterocycles. The normalized spacial score (nSPS) is 16.3. The molecule has 2 amide bonds. The van der Waals surface area contributed by atoms with Gasteiger partial charge < -0.3 is 9.80 Å². The Hall–Kier alpha value is -1.51. The number of nitrogens with zero attached hydrogens (tertiary/aromatic N) is 2. The first-order valence-electron chi connectivity index (χ1n) is 5.22. The van der Waals surface area contributed by atoms with Crippen LogP contribution in [0.4, 0.5) is 4.79 Å². The summed E-state index contributed by atoms with van der Waals surface area (Å²) in [5.41, 5.74) is 2.45. The van der Waals surface area contributed by atoms with Crippen molar-refractivity contribution in [2.75, 3.05) is 20.1 Å². The molecule has 1 saturated heterocycles. The average molecular weight is 204 g/mol. The highest BCUT2D eigenvalue weighted by molar-refractivity contribution is 5.76. The third kappa shape index (κ3) is 2.12. The predicted octanol–water partition coefficient (Wildman–Crippen LogP) is 1.86. The van der Waals surface area contributed by atoms with Gasteiger partial charge in [-0.15, -0.1) is 0 Å². The molecule has 0 N–H and O–H groups in total. The lowest BCUT2D eigenvalue weighted by Gasteiger charge is -2.16. The van der Waals surface area contributed by atoms with Gasteiger partial charge in [0.25, 0.3) is 0 Å². The van der Waals surface area contributed by atoms with E-state index in [1.54, 1.807) is 4.90 Å². The van der Waals surface area contributed by atoms with Gasteiger partial charge in [-0.25, -0.2) is 4.79 Å². The molecule has 1 aliphatic rings. The molecule has 1 heterocycles. The number of likely N-dealkylation sites (N-methyl/N-ethyl adjacent to an activating group) is 1. The fourth-order valence-corrected chi connectivity index (χ4v) is 1.88. The summed E-state index contributed by atoms with van der Waals surface area (Å²) in [6.45, 7) is 4.47. The molecular formula is C12H16N2O. The molecule has 0 unspecified atom stereocenters. The van der Waals surface area contributed by atoms with Crippen molar-refractivity contribution in [2.45, 2.75) is 13.5 Å². The number of aryl methyl sites for hydroxylation is 1.